The molecule has 0 radical (unpaired) electrons. The van der Waals surface area contributed by atoms with Crippen molar-refractivity contribution < 1.29 is 28.5 Å². The van der Waals surface area contributed by atoms with Crippen molar-refractivity contribution in [2.75, 3.05) is 71.7 Å². The minimum Gasteiger partial charge on any atom is -0.465 e. The van der Waals surface area contributed by atoms with Crippen molar-refractivity contribution in [3.05, 3.63) is 60.0 Å². The van der Waals surface area contributed by atoms with Crippen LogP contribution in [0.4, 0.5) is 5.69 Å². The summed E-state index contributed by atoms with van der Waals surface area (Å²) in [5.74, 6) is -1.07. The number of hydrogen-bond donors (Lipinski definition) is 1. The highest BCUT2D eigenvalue weighted by Gasteiger charge is 2.20. The fraction of sp³-hybridized carbons (Fsp3) is 0.417. The number of hydrogen-bond acceptors (Lipinski definition) is 8. The van der Waals surface area contributed by atoms with Gasteiger partial charge in [0.2, 0.25) is 0 Å². The summed E-state index contributed by atoms with van der Waals surface area (Å²) in [6.45, 7) is 6.75. The molecule has 4 rings (SSSR count). The van der Waals surface area contributed by atoms with Crippen LogP contribution in [0.25, 0.3) is 0 Å². The number of anilines is 1. The maximum Gasteiger partial charge on any atom is 0.340 e. The van der Waals surface area contributed by atoms with E-state index < -0.39 is 11.9 Å². The summed E-state index contributed by atoms with van der Waals surface area (Å²) in [7, 11) is 2.57. The summed E-state index contributed by atoms with van der Waals surface area (Å²) in [5.41, 5.74) is 1.29. The van der Waals surface area contributed by atoms with Gasteiger partial charge in [-0.05, 0) is 24.3 Å². The van der Waals surface area contributed by atoms with Gasteiger partial charge < -0.3 is 29.2 Å². The first-order chi connectivity index (χ1) is 17.7. The molecule has 1 N–H and O–H groups in total. The summed E-state index contributed by atoms with van der Waals surface area (Å²) >= 11 is 27.0. The molecule has 0 unspecified atom stereocenters. The first kappa shape index (κ1) is 31.9. The van der Waals surface area contributed by atoms with Gasteiger partial charge in [0, 0.05) is 36.3 Å². The lowest BCUT2D eigenvalue weighted by Gasteiger charge is -2.29. The first-order valence-electron chi connectivity index (χ1n) is 11.1. The normalized spacial score (nSPS) is 14.9. The molecule has 2 heterocycles. The summed E-state index contributed by atoms with van der Waals surface area (Å²) < 4.78 is 20.2. The van der Waals surface area contributed by atoms with Gasteiger partial charge in [-0.1, -0.05) is 62.3 Å². The number of nitrogens with one attached hydrogen (secondary N) is 1. The van der Waals surface area contributed by atoms with Gasteiger partial charge in [0.1, 0.15) is 0 Å². The van der Waals surface area contributed by atoms with E-state index in [4.69, 9.17) is 55.9 Å². The SMILES string of the molecule is C1COCCN1.COC(=O)c1c(Cl)cc(Br)cc1Cl.COC(=O)c1c(Cl)cc(N2CCOCC2)cc1Cl. The maximum atomic E-state index is 11.5. The van der Waals surface area contributed by atoms with Crippen LogP contribution in [0.3, 0.4) is 0 Å². The van der Waals surface area contributed by atoms with Crippen LogP contribution in [0, 0.1) is 0 Å². The predicted molar refractivity (Wildman–Crippen MR) is 150 cm³/mol. The predicted octanol–water partition coefficient (Wildman–Crippen LogP) is 5.77. The van der Waals surface area contributed by atoms with E-state index in [1.54, 1.807) is 24.3 Å². The standard InChI is InChI=1S/C12H13Cl2NO3.C8H5BrCl2O2.C4H9NO/c1-17-12(16)11-9(13)6-8(7-10(11)14)15-2-4-18-5-3-15;1-13-8(12)7-5(10)2-4(9)3-6(7)11;1-3-6-4-2-5-1/h6-7H,2-5H2,1H3;2-3H,1H3;5H,1-4H2. The molecular weight excluding hydrogens is 634 g/mol. The number of ether oxygens (including phenoxy) is 4. The molecule has 0 bridgehead atoms. The molecule has 0 amide bonds. The van der Waals surface area contributed by atoms with Crippen molar-refractivity contribution in [3.63, 3.8) is 0 Å². The largest absolute Gasteiger partial charge is 0.465 e. The second kappa shape index (κ2) is 16.6. The molecule has 2 fully saturated rings. The monoisotopic (exact) mass is 658 g/mol. The number of benzene rings is 2. The topological polar surface area (TPSA) is 86.3 Å². The molecule has 8 nitrogen and oxygen atoms in total. The van der Waals surface area contributed by atoms with E-state index in [-0.39, 0.29) is 21.2 Å². The summed E-state index contributed by atoms with van der Waals surface area (Å²) in [4.78, 5) is 24.8. The van der Waals surface area contributed by atoms with Gasteiger partial charge in [0.25, 0.3) is 0 Å². The van der Waals surface area contributed by atoms with Gasteiger partial charge in [-0.3, -0.25) is 0 Å². The van der Waals surface area contributed by atoms with Crippen LogP contribution < -0.4 is 10.2 Å². The van der Waals surface area contributed by atoms with E-state index in [1.807, 2.05) is 0 Å². The second-order valence-electron chi connectivity index (χ2n) is 7.47. The van der Waals surface area contributed by atoms with Crippen LogP contribution in [-0.2, 0) is 18.9 Å². The van der Waals surface area contributed by atoms with Gasteiger partial charge in [-0.2, -0.15) is 0 Å². The first-order valence-corrected chi connectivity index (χ1v) is 13.4. The number of halogens is 5. The van der Waals surface area contributed by atoms with Gasteiger partial charge in [-0.15, -0.1) is 0 Å². The molecular formula is C24H27BrCl4N2O6. The van der Waals surface area contributed by atoms with Crippen LogP contribution in [0.5, 0.6) is 0 Å². The van der Waals surface area contributed by atoms with E-state index in [9.17, 15) is 9.59 Å². The molecule has 37 heavy (non-hydrogen) atoms. The van der Waals surface area contributed by atoms with Gasteiger partial charge >= 0.3 is 11.9 Å². The van der Waals surface area contributed by atoms with Gasteiger partial charge in [-0.25, -0.2) is 9.59 Å². The molecule has 0 saturated carbocycles. The van der Waals surface area contributed by atoms with Crippen molar-refractivity contribution >= 4 is 80.0 Å². The second-order valence-corrected chi connectivity index (χ2v) is 10.0. The van der Waals surface area contributed by atoms with Gasteiger partial charge in [0.15, 0.2) is 0 Å². The van der Waals surface area contributed by atoms with Crippen LogP contribution in [0.1, 0.15) is 20.7 Å². The Morgan fingerprint density at radius 1 is 0.784 bits per heavy atom. The molecule has 2 aromatic carbocycles. The molecule has 2 aliphatic rings. The number of methoxy groups -OCH3 is 2. The zero-order valence-corrected chi connectivity index (χ0v) is 24.9. The third-order valence-electron chi connectivity index (χ3n) is 5.04. The smallest absolute Gasteiger partial charge is 0.340 e. The van der Waals surface area contributed by atoms with E-state index in [1.165, 1.54) is 14.2 Å². The number of morpholine rings is 2. The zero-order chi connectivity index (χ0) is 27.4. The average Bonchev–Trinajstić information content (AvgIpc) is 2.89. The Morgan fingerprint density at radius 3 is 1.54 bits per heavy atom. The number of nitrogens with zero attached hydrogens (tertiary/aromatic N) is 1. The van der Waals surface area contributed by atoms with Crippen LogP contribution in [0.2, 0.25) is 20.1 Å². The minimum absolute atomic E-state index is 0.189. The number of rotatable bonds is 3. The molecule has 204 valence electrons. The molecule has 2 aromatic rings. The van der Waals surface area contributed by atoms with Crippen LogP contribution in [0.15, 0.2) is 28.7 Å². The number of carbonyl (C=O) groups excluding carboxylic acids is 2. The van der Waals surface area contributed by atoms with Crippen molar-refractivity contribution in [2.24, 2.45) is 0 Å². The summed E-state index contributed by atoms with van der Waals surface area (Å²) in [6.07, 6.45) is 0. The quantitative estimate of drug-likeness (QED) is 0.416. The minimum atomic E-state index is -0.539. The Kier molecular flexibility index (Phi) is 14.3. The van der Waals surface area contributed by atoms with E-state index in [2.05, 4.69) is 35.6 Å². The van der Waals surface area contributed by atoms with Crippen molar-refractivity contribution in [1.82, 2.24) is 5.32 Å². The molecule has 0 spiro atoms. The molecule has 0 aliphatic carbocycles. The highest BCUT2D eigenvalue weighted by Crippen LogP contribution is 2.32. The van der Waals surface area contributed by atoms with Crippen molar-refractivity contribution in [1.29, 1.82) is 0 Å². The molecule has 13 heteroatoms. The Labute approximate surface area is 244 Å². The van der Waals surface area contributed by atoms with Gasteiger partial charge in [0.05, 0.1) is 71.9 Å². The average molecular weight is 661 g/mol. The molecule has 2 aliphatic heterocycles. The lowest BCUT2D eigenvalue weighted by Crippen LogP contribution is -2.36. The van der Waals surface area contributed by atoms with Crippen LogP contribution >= 0.6 is 62.3 Å². The third-order valence-corrected chi connectivity index (χ3v) is 6.69. The zero-order valence-electron chi connectivity index (χ0n) is 20.3. The Balaban J connectivity index is 0.000000220. The van der Waals surface area contributed by atoms with E-state index in [0.29, 0.717) is 23.3 Å². The van der Waals surface area contributed by atoms with Crippen LogP contribution in [-0.4, -0.2) is 78.8 Å². The fourth-order valence-electron chi connectivity index (χ4n) is 3.22. The number of esters is 2. The summed E-state index contributed by atoms with van der Waals surface area (Å²) in [6, 6.07) is 6.62. The lowest BCUT2D eigenvalue weighted by molar-refractivity contribution is 0.0592. The Bertz CT molecular complexity index is 1010. The van der Waals surface area contributed by atoms with Crippen molar-refractivity contribution in [3.8, 4) is 0 Å². The third kappa shape index (κ3) is 10.1. The fourth-order valence-corrected chi connectivity index (χ4v) is 5.21. The molecule has 2 saturated heterocycles. The van der Waals surface area contributed by atoms with Crippen molar-refractivity contribution in [2.45, 2.75) is 0 Å². The Morgan fingerprint density at radius 2 is 1.19 bits per heavy atom. The molecule has 0 aromatic heterocycles. The maximum absolute atomic E-state index is 11.5. The van der Waals surface area contributed by atoms with E-state index in [0.717, 1.165) is 49.6 Å². The highest BCUT2D eigenvalue weighted by atomic mass is 79.9. The Hall–Kier alpha value is -1.30. The summed E-state index contributed by atoms with van der Waals surface area (Å²) in [5, 5.41) is 4.30. The highest BCUT2D eigenvalue weighted by molar-refractivity contribution is 9.10. The number of carbonyl (C=O) groups is 2. The van der Waals surface area contributed by atoms with E-state index >= 15 is 0 Å². The lowest BCUT2D eigenvalue weighted by atomic mass is 10.2. The molecule has 0 atom stereocenters.